The zero-order valence-electron chi connectivity index (χ0n) is 15.5. The van der Waals surface area contributed by atoms with Gasteiger partial charge in [0.2, 0.25) is 0 Å². The largest absolute Gasteiger partial charge is 0.459 e. The third-order valence-corrected chi connectivity index (χ3v) is 5.19. The molecule has 2 heterocycles. The average Bonchev–Trinajstić information content (AvgIpc) is 2.99. The summed E-state index contributed by atoms with van der Waals surface area (Å²) < 4.78 is 7.65. The summed E-state index contributed by atoms with van der Waals surface area (Å²) in [5.41, 5.74) is 7.77. The van der Waals surface area contributed by atoms with Gasteiger partial charge in [0.1, 0.15) is 0 Å². The van der Waals surface area contributed by atoms with E-state index in [1.165, 1.54) is 25.7 Å². The maximum absolute atomic E-state index is 6.07. The molecule has 0 aliphatic heterocycles. The van der Waals surface area contributed by atoms with Gasteiger partial charge in [-0.05, 0) is 58.4 Å². The first-order chi connectivity index (χ1) is 12.1. The number of nitrogens with one attached hydrogen (secondary N) is 1. The summed E-state index contributed by atoms with van der Waals surface area (Å²) in [5.74, 6) is 1.04. The molecule has 2 aromatic heterocycles. The Morgan fingerprint density at radius 2 is 2.12 bits per heavy atom. The number of hydrogen-bond donors (Lipinski definition) is 2. The minimum atomic E-state index is 0.0747. The minimum absolute atomic E-state index is 0.0747. The number of fused-ring (bicyclic) bond motifs is 1. The normalized spacial score (nSPS) is 22.2. The van der Waals surface area contributed by atoms with Gasteiger partial charge in [0.25, 0.3) is 0 Å². The van der Waals surface area contributed by atoms with Crippen molar-refractivity contribution in [2.24, 2.45) is 5.92 Å². The second-order valence-corrected chi connectivity index (χ2v) is 7.19. The van der Waals surface area contributed by atoms with Gasteiger partial charge in [-0.3, -0.25) is 0 Å². The van der Waals surface area contributed by atoms with Crippen LogP contribution in [-0.2, 0) is 6.42 Å². The van der Waals surface area contributed by atoms with Gasteiger partial charge in [-0.25, -0.2) is 9.50 Å². The summed E-state index contributed by atoms with van der Waals surface area (Å²) in [7, 11) is 2.05. The molecule has 0 saturated heterocycles. The molecule has 1 fully saturated rings. The summed E-state index contributed by atoms with van der Waals surface area (Å²) in [5, 5.41) is 7.93. The van der Waals surface area contributed by atoms with Crippen LogP contribution in [0, 0.1) is 5.92 Å². The molecule has 3 N–H and O–H groups in total. The maximum Gasteiger partial charge on any atom is 0.336 e. The molecule has 138 valence electrons. The maximum atomic E-state index is 6.07. The Kier molecular flexibility index (Phi) is 5.73. The Balaban J connectivity index is 1.76. The van der Waals surface area contributed by atoms with E-state index >= 15 is 0 Å². The second kappa shape index (κ2) is 7.99. The van der Waals surface area contributed by atoms with Crippen LogP contribution in [0.15, 0.2) is 6.20 Å². The summed E-state index contributed by atoms with van der Waals surface area (Å²) in [6.45, 7) is 4.16. The standard InChI is InChI=1S/C18H30N6O/c1-4-5-12(2)25-18-22-16(19)17-21-11-15(24(17)23-18)10-13-6-8-14(20-3)9-7-13/h11-14,20H,4-10H2,1-3H3,(H2,19,22,23). The highest BCUT2D eigenvalue weighted by atomic mass is 16.5. The van der Waals surface area contributed by atoms with E-state index in [2.05, 4.69) is 34.4 Å². The van der Waals surface area contributed by atoms with E-state index in [9.17, 15) is 0 Å². The van der Waals surface area contributed by atoms with Crippen LogP contribution in [0.25, 0.3) is 5.65 Å². The molecule has 7 nitrogen and oxygen atoms in total. The quantitative estimate of drug-likeness (QED) is 0.801. The molecule has 0 aromatic carbocycles. The number of nitrogens with two attached hydrogens (primary N) is 1. The van der Waals surface area contributed by atoms with E-state index in [0.717, 1.165) is 25.0 Å². The number of anilines is 1. The molecule has 1 atom stereocenters. The fourth-order valence-corrected chi connectivity index (χ4v) is 3.71. The lowest BCUT2D eigenvalue weighted by molar-refractivity contribution is 0.189. The SMILES string of the molecule is CCCC(C)Oc1nc(N)c2ncc(CC3CCC(NC)CC3)n2n1. The van der Waals surface area contributed by atoms with Gasteiger partial charge in [-0.15, -0.1) is 5.10 Å². The van der Waals surface area contributed by atoms with Gasteiger partial charge in [0.15, 0.2) is 11.5 Å². The van der Waals surface area contributed by atoms with Gasteiger partial charge < -0.3 is 15.8 Å². The van der Waals surface area contributed by atoms with Gasteiger partial charge >= 0.3 is 6.01 Å². The number of imidazole rings is 1. The highest BCUT2D eigenvalue weighted by Gasteiger charge is 2.22. The Hall–Kier alpha value is -1.89. The molecule has 1 saturated carbocycles. The van der Waals surface area contributed by atoms with E-state index < -0.39 is 0 Å². The van der Waals surface area contributed by atoms with Crippen LogP contribution in [0.4, 0.5) is 5.82 Å². The van der Waals surface area contributed by atoms with Crippen LogP contribution in [-0.4, -0.2) is 38.8 Å². The van der Waals surface area contributed by atoms with E-state index in [0.29, 0.717) is 29.4 Å². The number of nitrogen functional groups attached to an aromatic ring is 1. The van der Waals surface area contributed by atoms with Crippen LogP contribution in [0.3, 0.4) is 0 Å². The third kappa shape index (κ3) is 4.21. The van der Waals surface area contributed by atoms with Crippen molar-refractivity contribution in [3.05, 3.63) is 11.9 Å². The second-order valence-electron chi connectivity index (χ2n) is 7.19. The Bertz CT molecular complexity index is 692. The summed E-state index contributed by atoms with van der Waals surface area (Å²) in [6.07, 6.45) is 9.88. The summed E-state index contributed by atoms with van der Waals surface area (Å²) in [6, 6.07) is 1.00. The molecule has 0 bridgehead atoms. The lowest BCUT2D eigenvalue weighted by atomic mass is 9.83. The lowest BCUT2D eigenvalue weighted by Crippen LogP contribution is -2.30. The minimum Gasteiger partial charge on any atom is -0.459 e. The molecule has 3 rings (SSSR count). The molecular weight excluding hydrogens is 316 g/mol. The van der Waals surface area contributed by atoms with E-state index in [1.807, 2.05) is 17.6 Å². The van der Waals surface area contributed by atoms with Crippen LogP contribution in [0.2, 0.25) is 0 Å². The summed E-state index contributed by atoms with van der Waals surface area (Å²) >= 11 is 0. The van der Waals surface area contributed by atoms with Crippen molar-refractivity contribution < 1.29 is 4.74 Å². The fourth-order valence-electron chi connectivity index (χ4n) is 3.71. The van der Waals surface area contributed by atoms with Crippen LogP contribution in [0.5, 0.6) is 6.01 Å². The zero-order valence-corrected chi connectivity index (χ0v) is 15.5. The molecule has 25 heavy (non-hydrogen) atoms. The topological polar surface area (TPSA) is 90.4 Å². The predicted molar refractivity (Wildman–Crippen MR) is 98.7 cm³/mol. The van der Waals surface area contributed by atoms with Gasteiger partial charge in [-0.1, -0.05) is 13.3 Å². The van der Waals surface area contributed by atoms with E-state index in [4.69, 9.17) is 10.5 Å². The third-order valence-electron chi connectivity index (χ3n) is 5.19. The fraction of sp³-hybridized carbons (Fsp3) is 0.722. The number of aromatic nitrogens is 4. The zero-order chi connectivity index (χ0) is 17.8. The van der Waals surface area contributed by atoms with E-state index in [1.54, 1.807) is 0 Å². The smallest absolute Gasteiger partial charge is 0.336 e. The van der Waals surface area contributed by atoms with Crippen molar-refractivity contribution in [1.82, 2.24) is 24.9 Å². The van der Waals surface area contributed by atoms with Crippen molar-refractivity contribution in [1.29, 1.82) is 0 Å². The Morgan fingerprint density at radius 3 is 2.80 bits per heavy atom. The highest BCUT2D eigenvalue weighted by Crippen LogP contribution is 2.28. The molecule has 0 amide bonds. The van der Waals surface area contributed by atoms with Gasteiger partial charge in [0, 0.05) is 6.04 Å². The van der Waals surface area contributed by atoms with Crippen molar-refractivity contribution in [3.63, 3.8) is 0 Å². The lowest BCUT2D eigenvalue weighted by Gasteiger charge is -2.27. The number of rotatable bonds is 7. The first-order valence-corrected chi connectivity index (χ1v) is 9.44. The van der Waals surface area contributed by atoms with E-state index in [-0.39, 0.29) is 6.10 Å². The van der Waals surface area contributed by atoms with Crippen molar-refractivity contribution in [2.75, 3.05) is 12.8 Å². The number of ether oxygens (including phenoxy) is 1. The van der Waals surface area contributed by atoms with Crippen molar-refractivity contribution in [2.45, 2.75) is 70.9 Å². The van der Waals surface area contributed by atoms with Crippen LogP contribution < -0.4 is 15.8 Å². The molecule has 2 aromatic rings. The Morgan fingerprint density at radius 1 is 1.36 bits per heavy atom. The molecule has 0 radical (unpaired) electrons. The number of hydrogen-bond acceptors (Lipinski definition) is 6. The molecular formula is C18H30N6O. The van der Waals surface area contributed by atoms with Crippen LogP contribution >= 0.6 is 0 Å². The Labute approximate surface area is 149 Å². The monoisotopic (exact) mass is 346 g/mol. The molecule has 7 heteroatoms. The first kappa shape index (κ1) is 17.9. The van der Waals surface area contributed by atoms with Gasteiger partial charge in [0.05, 0.1) is 18.0 Å². The van der Waals surface area contributed by atoms with Crippen molar-refractivity contribution >= 4 is 11.5 Å². The van der Waals surface area contributed by atoms with Gasteiger partial charge in [-0.2, -0.15) is 4.98 Å². The predicted octanol–water partition coefficient (Wildman–Crippen LogP) is 2.59. The highest BCUT2D eigenvalue weighted by molar-refractivity contribution is 5.59. The van der Waals surface area contributed by atoms with Crippen LogP contribution in [0.1, 0.15) is 58.1 Å². The summed E-state index contributed by atoms with van der Waals surface area (Å²) in [4.78, 5) is 8.67. The molecule has 1 aliphatic rings. The average molecular weight is 346 g/mol. The first-order valence-electron chi connectivity index (χ1n) is 9.44. The molecule has 0 spiro atoms. The molecule has 1 aliphatic carbocycles. The number of nitrogens with zero attached hydrogens (tertiary/aromatic N) is 4. The van der Waals surface area contributed by atoms with Crippen molar-refractivity contribution in [3.8, 4) is 6.01 Å². The molecule has 1 unspecified atom stereocenters.